The number of nitriles is 1. The van der Waals surface area contributed by atoms with Gasteiger partial charge < -0.3 is 20.1 Å². The largest absolute Gasteiger partial charge is 0.405 e. The fraction of sp³-hybridized carbons (Fsp3) is 0.520. The van der Waals surface area contributed by atoms with Gasteiger partial charge in [0.05, 0.1) is 25.2 Å². The van der Waals surface area contributed by atoms with Crippen LogP contribution in [0, 0.1) is 16.7 Å². The summed E-state index contributed by atoms with van der Waals surface area (Å²) in [7, 11) is -4.15. The quantitative estimate of drug-likeness (QED) is 0.154. The Morgan fingerprint density at radius 2 is 1.98 bits per heavy atom. The minimum Gasteiger partial charge on any atom is -0.395 e. The number of nitrogens with zero attached hydrogens (tertiary/aromatic N) is 2. The summed E-state index contributed by atoms with van der Waals surface area (Å²) in [5.74, 6) is 0.0898. The Hall–Kier alpha value is -2.64. The molecule has 0 amide bonds. The third-order valence-electron chi connectivity index (χ3n) is 6.50. The van der Waals surface area contributed by atoms with Crippen LogP contribution in [0.1, 0.15) is 26.3 Å². The highest BCUT2D eigenvalue weighted by Crippen LogP contribution is 2.47. The van der Waals surface area contributed by atoms with Gasteiger partial charge in [-0.05, 0) is 26.3 Å². The molecule has 1 aliphatic rings. The highest BCUT2D eigenvalue weighted by Gasteiger charge is 2.65. The van der Waals surface area contributed by atoms with E-state index in [2.05, 4.69) is 5.09 Å². The number of ether oxygens (including phenoxy) is 1. The van der Waals surface area contributed by atoms with E-state index < -0.39 is 54.6 Å². The van der Waals surface area contributed by atoms with E-state index in [0.29, 0.717) is 4.57 Å². The summed E-state index contributed by atoms with van der Waals surface area (Å²) in [5.41, 5.74) is -6.89. The molecule has 2 aromatic rings. The minimum absolute atomic E-state index is 0.0580. The van der Waals surface area contributed by atoms with Gasteiger partial charge >= 0.3 is 13.4 Å². The molecular weight excluding hydrogens is 579 g/mol. The second kappa shape index (κ2) is 13.1. The molecule has 0 spiro atoms. The summed E-state index contributed by atoms with van der Waals surface area (Å²) in [5, 5.41) is 43.7. The molecule has 1 unspecified atom stereocenters. The van der Waals surface area contributed by atoms with E-state index in [-0.39, 0.29) is 30.6 Å². The van der Waals surface area contributed by atoms with Crippen LogP contribution in [-0.2, 0) is 35.4 Å². The Balaban J connectivity index is 1.77. The summed E-state index contributed by atoms with van der Waals surface area (Å²) < 4.78 is 31.0. The molecule has 2 heterocycles. The molecule has 0 aliphatic carbocycles. The van der Waals surface area contributed by atoms with E-state index in [0.717, 1.165) is 36.5 Å². The zero-order valence-electron chi connectivity index (χ0n) is 22.7. The van der Waals surface area contributed by atoms with E-state index in [9.17, 15) is 39.5 Å². The van der Waals surface area contributed by atoms with Crippen molar-refractivity contribution in [1.29, 1.82) is 5.26 Å². The van der Waals surface area contributed by atoms with Crippen LogP contribution < -0.4 is 16.3 Å². The van der Waals surface area contributed by atoms with Gasteiger partial charge in [0.15, 0.2) is 10.7 Å². The summed E-state index contributed by atoms with van der Waals surface area (Å²) in [4.78, 5) is 38.2. The molecule has 1 saturated heterocycles. The van der Waals surface area contributed by atoms with Crippen molar-refractivity contribution in [3.63, 3.8) is 0 Å². The Morgan fingerprint density at radius 1 is 1.29 bits per heavy atom. The number of H-pyrrole nitrogens is 1. The molecule has 14 nitrogen and oxygen atoms in total. The number of benzene rings is 1. The van der Waals surface area contributed by atoms with Gasteiger partial charge in [-0.2, -0.15) is 5.26 Å². The lowest BCUT2D eigenvalue weighted by atomic mass is 9.88. The second-order valence-electron chi connectivity index (χ2n) is 10.1. The lowest BCUT2D eigenvalue weighted by Crippen LogP contribution is -2.58. The van der Waals surface area contributed by atoms with E-state index in [4.69, 9.17) is 13.8 Å². The second-order valence-corrected chi connectivity index (χ2v) is 13.0. The lowest BCUT2D eigenvalue weighted by molar-refractivity contribution is -0.151. The van der Waals surface area contributed by atoms with Crippen LogP contribution in [0.15, 0.2) is 52.2 Å². The van der Waals surface area contributed by atoms with Gasteiger partial charge in [0.25, 0.3) is 11.3 Å². The summed E-state index contributed by atoms with van der Waals surface area (Å²) in [6.45, 7) is 3.11. The number of aromatic nitrogens is 2. The summed E-state index contributed by atoms with van der Waals surface area (Å²) in [6.07, 6.45) is -2.33. The molecule has 0 bridgehead atoms. The Morgan fingerprint density at radius 3 is 2.59 bits per heavy atom. The van der Waals surface area contributed by atoms with Gasteiger partial charge in [-0.1, -0.05) is 42.1 Å². The molecule has 5 atom stereocenters. The average Bonchev–Trinajstić information content (AvgIpc) is 3.14. The lowest BCUT2D eigenvalue weighted by Gasteiger charge is -2.34. The maximum atomic E-state index is 13.7. The van der Waals surface area contributed by atoms with Crippen LogP contribution in [0.5, 0.6) is 0 Å². The first kappa shape index (κ1) is 32.9. The van der Waals surface area contributed by atoms with Crippen molar-refractivity contribution in [2.45, 2.75) is 50.8 Å². The summed E-state index contributed by atoms with van der Waals surface area (Å²) in [6, 6.07) is 11.5. The Labute approximate surface area is 239 Å². The van der Waals surface area contributed by atoms with Crippen LogP contribution in [0.4, 0.5) is 0 Å². The van der Waals surface area contributed by atoms with E-state index in [1.165, 1.54) is 0 Å². The molecule has 1 aliphatic heterocycles. The van der Waals surface area contributed by atoms with Crippen molar-refractivity contribution in [1.82, 2.24) is 14.6 Å². The van der Waals surface area contributed by atoms with Crippen molar-refractivity contribution in [3.8, 4) is 6.07 Å². The number of hydrogen-bond acceptors (Lipinski definition) is 12. The fourth-order valence-corrected chi connectivity index (χ4v) is 6.12. The minimum atomic E-state index is -4.15. The first-order chi connectivity index (χ1) is 19.2. The van der Waals surface area contributed by atoms with E-state index in [1.54, 1.807) is 50.2 Å². The SMILES string of the molecule is CC(C)(CO)C(=O)SCCOP(=O)(NCc1ccccc1)OC[C@H]1O[C@@](C#N)(n2ccc(=O)[nH]c2=O)[C@](C)(O)[C@@H]1O. The fourth-order valence-electron chi connectivity index (χ4n) is 3.89. The average molecular weight is 613 g/mol. The molecule has 1 aromatic carbocycles. The number of nitrogens with one attached hydrogen (secondary N) is 2. The predicted molar refractivity (Wildman–Crippen MR) is 148 cm³/mol. The molecule has 41 heavy (non-hydrogen) atoms. The maximum Gasteiger partial charge on any atom is 0.405 e. The summed E-state index contributed by atoms with van der Waals surface area (Å²) >= 11 is 0.890. The number of aliphatic hydroxyl groups excluding tert-OH is 2. The number of rotatable bonds is 13. The third-order valence-corrected chi connectivity index (χ3v) is 9.25. The predicted octanol–water partition coefficient (Wildman–Crippen LogP) is 0.433. The van der Waals surface area contributed by atoms with Crippen molar-refractivity contribution in [2.75, 3.05) is 25.6 Å². The molecular formula is C25H33N4O10PS. The number of aliphatic hydroxyl groups is 3. The first-order valence-corrected chi connectivity index (χ1v) is 15.0. The number of carbonyl (C=O) groups is 1. The number of carbonyl (C=O) groups excluding carboxylic acids is 1. The molecule has 5 N–H and O–H groups in total. The van der Waals surface area contributed by atoms with Gasteiger partial charge in [0.1, 0.15) is 18.3 Å². The van der Waals surface area contributed by atoms with Crippen molar-refractivity contribution >= 4 is 24.6 Å². The van der Waals surface area contributed by atoms with Gasteiger partial charge in [-0.15, -0.1) is 0 Å². The van der Waals surface area contributed by atoms with Crippen molar-refractivity contribution in [2.24, 2.45) is 5.41 Å². The number of aromatic amines is 1. The van der Waals surface area contributed by atoms with Crippen molar-refractivity contribution < 1.29 is 38.5 Å². The molecule has 1 fully saturated rings. The van der Waals surface area contributed by atoms with Crippen LogP contribution >= 0.6 is 19.5 Å². The Kier molecular flexibility index (Phi) is 10.5. The third kappa shape index (κ3) is 7.23. The topological polar surface area (TPSA) is 213 Å². The van der Waals surface area contributed by atoms with Crippen LogP contribution in [-0.4, -0.2) is 73.4 Å². The maximum absolute atomic E-state index is 13.7. The monoisotopic (exact) mass is 612 g/mol. The van der Waals surface area contributed by atoms with Gasteiger partial charge in [-0.25, -0.2) is 14.4 Å². The Bertz CT molecular complexity index is 1420. The van der Waals surface area contributed by atoms with E-state index in [1.807, 2.05) is 4.98 Å². The highest BCUT2D eigenvalue weighted by molar-refractivity contribution is 8.13. The van der Waals surface area contributed by atoms with Gasteiger partial charge in [-0.3, -0.25) is 28.2 Å². The highest BCUT2D eigenvalue weighted by atomic mass is 32.2. The first-order valence-electron chi connectivity index (χ1n) is 12.5. The smallest absolute Gasteiger partial charge is 0.395 e. The van der Waals surface area contributed by atoms with Crippen LogP contribution in [0.25, 0.3) is 0 Å². The van der Waals surface area contributed by atoms with E-state index >= 15 is 0 Å². The molecule has 0 radical (unpaired) electrons. The standard InChI is InChI=1S/C25H33N4O10PS/c1-23(2,16-30)21(33)41-12-11-37-40(36,27-13-17-7-5-4-6-8-17)38-14-18-20(32)24(3,35)25(15-26,39-18)29-10-9-19(31)28-22(29)34/h4-10,18,20,30,32,35H,11-14,16H2,1-3H3,(H,27,36)(H,28,31,34)/t18-,20-,24-,25-,40?/m1/s1. The van der Waals surface area contributed by atoms with Crippen LogP contribution in [0.3, 0.4) is 0 Å². The van der Waals surface area contributed by atoms with Gasteiger partial charge in [0, 0.05) is 24.6 Å². The molecule has 3 rings (SSSR count). The molecule has 16 heteroatoms. The molecule has 224 valence electrons. The zero-order valence-corrected chi connectivity index (χ0v) is 24.4. The number of thioether (sulfide) groups is 1. The van der Waals surface area contributed by atoms with Gasteiger partial charge in [0.2, 0.25) is 0 Å². The normalized spacial score (nSPS) is 25.9. The molecule has 1 aromatic heterocycles. The number of hydrogen-bond donors (Lipinski definition) is 5. The van der Waals surface area contributed by atoms with Crippen LogP contribution in [0.2, 0.25) is 0 Å². The zero-order chi connectivity index (χ0) is 30.5. The van der Waals surface area contributed by atoms with Crippen molar-refractivity contribution in [3.05, 3.63) is 69.0 Å². The molecule has 0 saturated carbocycles.